The van der Waals surface area contributed by atoms with E-state index in [1.807, 2.05) is 4.90 Å². The standard InChI is InChI=1S/C22H20F4N2O2/c23-16-9-7-15(8-10-16)17(5-4-6-20(29)30)18-11-12-19(22(24,25)26)27-21(18)28-13-2-1-3-14-28/h4-12H,1-3,13-14H2,(H,29,30)/b6-4+,17-5?. The van der Waals surface area contributed by atoms with Crippen LogP contribution in [0.4, 0.5) is 23.4 Å². The zero-order chi connectivity index (χ0) is 21.7. The van der Waals surface area contributed by atoms with Gasteiger partial charge in [-0.2, -0.15) is 13.2 Å². The van der Waals surface area contributed by atoms with E-state index in [9.17, 15) is 22.4 Å². The highest BCUT2D eigenvalue weighted by molar-refractivity contribution is 5.87. The molecule has 2 aromatic rings. The lowest BCUT2D eigenvalue weighted by Crippen LogP contribution is -2.31. The molecular weight excluding hydrogens is 400 g/mol. The number of halogens is 4. The van der Waals surface area contributed by atoms with Crippen molar-refractivity contribution >= 4 is 17.4 Å². The highest BCUT2D eigenvalue weighted by Gasteiger charge is 2.34. The lowest BCUT2D eigenvalue weighted by atomic mass is 9.96. The molecule has 1 aliphatic rings. The van der Waals surface area contributed by atoms with Crippen LogP contribution >= 0.6 is 0 Å². The van der Waals surface area contributed by atoms with Crippen LogP contribution in [-0.4, -0.2) is 29.1 Å². The van der Waals surface area contributed by atoms with Crippen molar-refractivity contribution in [3.8, 4) is 0 Å². The van der Waals surface area contributed by atoms with Crippen LogP contribution in [0.2, 0.25) is 0 Å². The van der Waals surface area contributed by atoms with Crippen molar-refractivity contribution in [1.29, 1.82) is 0 Å². The molecule has 1 aromatic carbocycles. The van der Waals surface area contributed by atoms with Gasteiger partial charge in [-0.25, -0.2) is 14.2 Å². The molecule has 0 atom stereocenters. The third kappa shape index (κ3) is 5.25. The second-order valence-corrected chi connectivity index (χ2v) is 6.90. The molecule has 2 heterocycles. The third-order valence-corrected chi connectivity index (χ3v) is 4.77. The molecule has 1 aliphatic heterocycles. The number of anilines is 1. The summed E-state index contributed by atoms with van der Waals surface area (Å²) < 4.78 is 53.3. The number of hydrogen-bond donors (Lipinski definition) is 1. The van der Waals surface area contributed by atoms with Crippen molar-refractivity contribution < 1.29 is 27.5 Å². The highest BCUT2D eigenvalue weighted by Crippen LogP contribution is 2.36. The molecule has 0 bridgehead atoms. The summed E-state index contributed by atoms with van der Waals surface area (Å²) in [7, 11) is 0. The first-order chi connectivity index (χ1) is 14.3. The van der Waals surface area contributed by atoms with Gasteiger partial charge in [0.2, 0.25) is 0 Å². The Balaban J connectivity index is 2.17. The minimum atomic E-state index is -4.59. The van der Waals surface area contributed by atoms with E-state index in [0.717, 1.165) is 31.4 Å². The largest absolute Gasteiger partial charge is 0.478 e. The molecule has 1 aromatic heterocycles. The van der Waals surface area contributed by atoms with E-state index in [-0.39, 0.29) is 5.82 Å². The molecule has 0 aliphatic carbocycles. The number of carbonyl (C=O) groups is 1. The minimum Gasteiger partial charge on any atom is -0.478 e. The van der Waals surface area contributed by atoms with Crippen LogP contribution in [0.5, 0.6) is 0 Å². The van der Waals surface area contributed by atoms with Crippen LogP contribution in [0.25, 0.3) is 5.57 Å². The minimum absolute atomic E-state index is 0.184. The second-order valence-electron chi connectivity index (χ2n) is 6.90. The topological polar surface area (TPSA) is 53.4 Å². The number of alkyl halides is 3. The van der Waals surface area contributed by atoms with Crippen molar-refractivity contribution in [2.24, 2.45) is 0 Å². The van der Waals surface area contributed by atoms with Crippen LogP contribution < -0.4 is 4.90 Å². The Bertz CT molecular complexity index is 960. The number of aliphatic carboxylic acids is 1. The lowest BCUT2D eigenvalue weighted by Gasteiger charge is -2.30. The summed E-state index contributed by atoms with van der Waals surface area (Å²) in [6.07, 6.45) is 1.77. The summed E-state index contributed by atoms with van der Waals surface area (Å²) in [5, 5.41) is 8.88. The van der Waals surface area contributed by atoms with Gasteiger partial charge in [-0.1, -0.05) is 24.3 Å². The molecule has 8 heteroatoms. The number of benzene rings is 1. The smallest absolute Gasteiger partial charge is 0.433 e. The Kier molecular flexibility index (Phi) is 6.54. The summed E-state index contributed by atoms with van der Waals surface area (Å²) in [6.45, 7) is 1.14. The van der Waals surface area contributed by atoms with Crippen molar-refractivity contribution in [2.45, 2.75) is 25.4 Å². The molecule has 3 rings (SSSR count). The first-order valence-electron chi connectivity index (χ1n) is 9.46. The molecule has 0 radical (unpaired) electrons. The fourth-order valence-corrected chi connectivity index (χ4v) is 3.36. The number of piperidine rings is 1. The predicted molar refractivity (Wildman–Crippen MR) is 106 cm³/mol. The zero-order valence-corrected chi connectivity index (χ0v) is 16.0. The summed E-state index contributed by atoms with van der Waals surface area (Å²) in [6, 6.07) is 7.70. The van der Waals surface area contributed by atoms with Gasteiger partial charge in [0, 0.05) is 24.7 Å². The van der Waals surface area contributed by atoms with Gasteiger partial charge in [0.15, 0.2) is 0 Å². The Morgan fingerprint density at radius 1 is 1.03 bits per heavy atom. The Hall–Kier alpha value is -3.16. The SMILES string of the molecule is O=C(O)/C=C/C=C(c1ccc(F)cc1)c1ccc(C(F)(F)F)nc1N1CCCCC1. The maximum Gasteiger partial charge on any atom is 0.433 e. The number of hydrogen-bond acceptors (Lipinski definition) is 3. The van der Waals surface area contributed by atoms with E-state index in [0.29, 0.717) is 29.8 Å². The van der Waals surface area contributed by atoms with E-state index >= 15 is 0 Å². The van der Waals surface area contributed by atoms with Crippen LogP contribution in [0, 0.1) is 5.82 Å². The first-order valence-corrected chi connectivity index (χ1v) is 9.46. The molecule has 1 N–H and O–H groups in total. The molecule has 0 spiro atoms. The molecular formula is C22H20F4N2O2. The van der Waals surface area contributed by atoms with Crippen LogP contribution in [0.3, 0.4) is 0 Å². The Morgan fingerprint density at radius 2 is 1.70 bits per heavy atom. The summed E-state index contributed by atoms with van der Waals surface area (Å²) >= 11 is 0. The zero-order valence-electron chi connectivity index (χ0n) is 16.0. The highest BCUT2D eigenvalue weighted by atomic mass is 19.4. The molecule has 1 saturated heterocycles. The fourth-order valence-electron chi connectivity index (χ4n) is 3.36. The number of rotatable bonds is 5. The third-order valence-electron chi connectivity index (χ3n) is 4.77. The van der Waals surface area contributed by atoms with Gasteiger partial charge < -0.3 is 10.0 Å². The summed E-state index contributed by atoms with van der Waals surface area (Å²) in [5.41, 5.74) is 0.415. The molecule has 158 valence electrons. The molecule has 0 amide bonds. The number of aromatic nitrogens is 1. The number of carboxylic acid groups (broad SMARTS) is 1. The number of allylic oxidation sites excluding steroid dienone is 2. The van der Waals surface area contributed by atoms with Crippen LogP contribution in [0.15, 0.2) is 54.6 Å². The van der Waals surface area contributed by atoms with Gasteiger partial charge in [-0.05, 0) is 54.7 Å². The summed E-state index contributed by atoms with van der Waals surface area (Å²) in [4.78, 5) is 16.6. The normalized spacial score (nSPS) is 15.6. The van der Waals surface area contributed by atoms with Gasteiger partial charge in [0.05, 0.1) is 0 Å². The number of nitrogens with zero attached hydrogens (tertiary/aromatic N) is 2. The number of carboxylic acids is 1. The molecule has 0 unspecified atom stereocenters. The van der Waals surface area contributed by atoms with E-state index in [4.69, 9.17) is 5.11 Å². The van der Waals surface area contributed by atoms with Gasteiger partial charge in [0.1, 0.15) is 17.3 Å². The molecule has 30 heavy (non-hydrogen) atoms. The predicted octanol–water partition coefficient (Wildman–Crippen LogP) is 5.30. The number of pyridine rings is 1. The average molecular weight is 420 g/mol. The van der Waals surface area contributed by atoms with Crippen molar-refractivity contribution in [3.05, 3.63) is 77.3 Å². The quantitative estimate of drug-likeness (QED) is 0.405. The summed E-state index contributed by atoms with van der Waals surface area (Å²) in [5.74, 6) is -1.43. The van der Waals surface area contributed by atoms with Crippen LogP contribution in [-0.2, 0) is 11.0 Å². The van der Waals surface area contributed by atoms with Gasteiger partial charge >= 0.3 is 12.1 Å². The van der Waals surface area contributed by atoms with E-state index in [1.54, 1.807) is 0 Å². The Labute approximate surface area is 171 Å². The lowest BCUT2D eigenvalue weighted by molar-refractivity contribution is -0.141. The van der Waals surface area contributed by atoms with Crippen molar-refractivity contribution in [3.63, 3.8) is 0 Å². The van der Waals surface area contributed by atoms with E-state index in [1.165, 1.54) is 42.5 Å². The Morgan fingerprint density at radius 3 is 2.30 bits per heavy atom. The van der Waals surface area contributed by atoms with Gasteiger partial charge in [-0.3, -0.25) is 0 Å². The fraction of sp³-hybridized carbons (Fsp3) is 0.273. The van der Waals surface area contributed by atoms with E-state index < -0.39 is 23.7 Å². The second kappa shape index (κ2) is 9.11. The average Bonchev–Trinajstić information content (AvgIpc) is 2.71. The molecule has 4 nitrogen and oxygen atoms in total. The van der Waals surface area contributed by atoms with Crippen LogP contribution in [0.1, 0.15) is 36.1 Å². The van der Waals surface area contributed by atoms with Gasteiger partial charge in [0.25, 0.3) is 0 Å². The monoisotopic (exact) mass is 420 g/mol. The van der Waals surface area contributed by atoms with E-state index in [2.05, 4.69) is 4.98 Å². The maximum atomic E-state index is 13.4. The van der Waals surface area contributed by atoms with Crippen molar-refractivity contribution in [2.75, 3.05) is 18.0 Å². The van der Waals surface area contributed by atoms with Gasteiger partial charge in [-0.15, -0.1) is 0 Å². The first kappa shape index (κ1) is 21.5. The van der Waals surface area contributed by atoms with Crippen molar-refractivity contribution in [1.82, 2.24) is 4.98 Å². The molecule has 0 saturated carbocycles. The molecule has 1 fully saturated rings. The maximum absolute atomic E-state index is 13.4.